The molecule has 3 aromatic rings. The maximum atomic E-state index is 13.9. The number of aliphatic hydroxyl groups is 1. The van der Waals surface area contributed by atoms with Crippen LogP contribution in [0.5, 0.6) is 5.75 Å². The van der Waals surface area contributed by atoms with Gasteiger partial charge in [-0.2, -0.15) is 0 Å². The molecule has 0 aliphatic carbocycles. The topological polar surface area (TPSA) is 91.6 Å². The highest BCUT2D eigenvalue weighted by Gasteiger charge is 2.21. The third-order valence-electron chi connectivity index (χ3n) is 4.96. The summed E-state index contributed by atoms with van der Waals surface area (Å²) in [5, 5.41) is 21.9. The summed E-state index contributed by atoms with van der Waals surface area (Å²) >= 11 is 0. The highest BCUT2D eigenvalue weighted by atomic mass is 19.1. The van der Waals surface area contributed by atoms with Gasteiger partial charge in [-0.15, -0.1) is 0 Å². The van der Waals surface area contributed by atoms with Crippen molar-refractivity contribution in [1.29, 1.82) is 0 Å². The summed E-state index contributed by atoms with van der Waals surface area (Å²) in [5.41, 5.74) is 1.33. The van der Waals surface area contributed by atoms with Crippen molar-refractivity contribution in [3.05, 3.63) is 70.3 Å². The van der Waals surface area contributed by atoms with Gasteiger partial charge >= 0.3 is 0 Å². The monoisotopic (exact) mass is 424 g/mol. The molecule has 1 unspecified atom stereocenters. The molecule has 0 aliphatic rings. The molecule has 0 bridgehead atoms. The number of carbonyl (C=O) groups is 1. The summed E-state index contributed by atoms with van der Waals surface area (Å²) in [7, 11) is 1.41. The first-order chi connectivity index (χ1) is 14.7. The number of aliphatic hydroxyl groups excluding tert-OH is 1. The van der Waals surface area contributed by atoms with Gasteiger partial charge in [0.05, 0.1) is 18.9 Å². The zero-order valence-electron chi connectivity index (χ0n) is 17.5. The number of carboxylic acids is 1. The summed E-state index contributed by atoms with van der Waals surface area (Å²) < 4.78 is 20.8. The van der Waals surface area contributed by atoms with Gasteiger partial charge in [-0.25, -0.2) is 4.39 Å². The lowest BCUT2D eigenvalue weighted by atomic mass is 9.96. The van der Waals surface area contributed by atoms with Crippen molar-refractivity contribution in [1.82, 2.24) is 4.57 Å². The second-order valence-corrected chi connectivity index (χ2v) is 7.42. The predicted molar refractivity (Wildman–Crippen MR) is 115 cm³/mol. The normalized spacial score (nSPS) is 12.6. The standard InChI is InChI=1S/C24H24FNO5/c1-14(2)26-23(20-10-8-15(25)12-21(20)31-3)18(11-9-16(27)13-22(28)29)17-6-4-5-7-19(17)24(26)30/h4-12,14,16,27H,13H2,1-3H3,(H,28,29)/p-1/b11-9+. The molecule has 6 nitrogen and oxygen atoms in total. The zero-order valence-corrected chi connectivity index (χ0v) is 17.5. The quantitative estimate of drug-likeness (QED) is 0.630. The first-order valence-corrected chi connectivity index (χ1v) is 9.81. The van der Waals surface area contributed by atoms with Crippen LogP contribution in [0.3, 0.4) is 0 Å². The van der Waals surface area contributed by atoms with Crippen molar-refractivity contribution in [2.45, 2.75) is 32.4 Å². The van der Waals surface area contributed by atoms with E-state index in [0.717, 1.165) is 0 Å². The fourth-order valence-electron chi connectivity index (χ4n) is 3.64. The Morgan fingerprint density at radius 1 is 1.23 bits per heavy atom. The highest BCUT2D eigenvalue weighted by Crippen LogP contribution is 2.37. The molecule has 1 atom stereocenters. The first kappa shape index (κ1) is 22.2. The van der Waals surface area contributed by atoms with E-state index in [1.807, 2.05) is 13.8 Å². The SMILES string of the molecule is COc1cc(F)ccc1-c1c(/C=C/C(O)CC(=O)[O-])c2ccccc2c(=O)n1C(C)C. The maximum absolute atomic E-state index is 13.9. The van der Waals surface area contributed by atoms with Gasteiger partial charge in [0.15, 0.2) is 0 Å². The van der Waals surface area contributed by atoms with Gasteiger partial charge in [-0.1, -0.05) is 30.4 Å². The van der Waals surface area contributed by atoms with Gasteiger partial charge in [0, 0.05) is 41.0 Å². The summed E-state index contributed by atoms with van der Waals surface area (Å²) in [4.78, 5) is 24.2. The van der Waals surface area contributed by atoms with Crippen LogP contribution in [-0.2, 0) is 4.79 Å². The lowest BCUT2D eigenvalue weighted by molar-refractivity contribution is -0.306. The molecule has 7 heteroatoms. The van der Waals surface area contributed by atoms with Gasteiger partial charge in [0.2, 0.25) is 0 Å². The number of benzene rings is 2. The van der Waals surface area contributed by atoms with Gasteiger partial charge in [-0.3, -0.25) is 4.79 Å². The minimum Gasteiger partial charge on any atom is -0.550 e. The van der Waals surface area contributed by atoms with Gasteiger partial charge in [-0.05, 0) is 37.4 Å². The average Bonchev–Trinajstić information content (AvgIpc) is 2.72. The van der Waals surface area contributed by atoms with Crippen LogP contribution in [0, 0.1) is 5.82 Å². The van der Waals surface area contributed by atoms with Crippen LogP contribution in [0.2, 0.25) is 0 Å². The van der Waals surface area contributed by atoms with Crippen molar-refractivity contribution in [2.75, 3.05) is 7.11 Å². The molecule has 0 radical (unpaired) electrons. The third kappa shape index (κ3) is 4.51. The molecule has 0 amide bonds. The Bertz CT molecular complexity index is 1210. The van der Waals surface area contributed by atoms with Crippen molar-refractivity contribution < 1.29 is 24.1 Å². The highest BCUT2D eigenvalue weighted by molar-refractivity contribution is 5.96. The lowest BCUT2D eigenvalue weighted by Crippen LogP contribution is -2.26. The molecule has 0 spiro atoms. The van der Waals surface area contributed by atoms with E-state index in [0.29, 0.717) is 27.6 Å². The number of nitrogens with zero attached hydrogens (tertiary/aromatic N) is 1. The van der Waals surface area contributed by atoms with Gasteiger partial charge in [0.1, 0.15) is 11.6 Å². The number of hydrogen-bond acceptors (Lipinski definition) is 5. The Morgan fingerprint density at radius 3 is 2.52 bits per heavy atom. The summed E-state index contributed by atoms with van der Waals surface area (Å²) in [6.07, 6.45) is 1.08. The molecule has 1 N–H and O–H groups in total. The van der Waals surface area contributed by atoms with Crippen LogP contribution >= 0.6 is 0 Å². The number of aliphatic carboxylic acids is 1. The number of methoxy groups -OCH3 is 1. The smallest absolute Gasteiger partial charge is 0.259 e. The number of halogens is 1. The molecule has 1 heterocycles. The van der Waals surface area contributed by atoms with Crippen molar-refractivity contribution in [3.63, 3.8) is 0 Å². The Morgan fingerprint density at radius 2 is 1.90 bits per heavy atom. The van der Waals surface area contributed by atoms with E-state index in [1.165, 1.54) is 31.4 Å². The molecule has 0 saturated carbocycles. The van der Waals surface area contributed by atoms with Gasteiger partial charge in [0.25, 0.3) is 5.56 Å². The molecule has 0 fully saturated rings. The summed E-state index contributed by atoms with van der Waals surface area (Å²) in [5.74, 6) is -1.62. The second kappa shape index (κ2) is 9.14. The van der Waals surface area contributed by atoms with Gasteiger partial charge < -0.3 is 24.3 Å². The predicted octanol–water partition coefficient (Wildman–Crippen LogP) is 2.91. The van der Waals surface area contributed by atoms with E-state index in [9.17, 15) is 24.2 Å². The molecule has 0 aliphatic heterocycles. The Balaban J connectivity index is 2.43. The molecule has 2 aromatic carbocycles. The number of rotatable bonds is 7. The van der Waals surface area contributed by atoms with E-state index in [4.69, 9.17) is 4.74 Å². The molecule has 31 heavy (non-hydrogen) atoms. The van der Waals surface area contributed by atoms with Crippen LogP contribution in [0.25, 0.3) is 28.1 Å². The van der Waals surface area contributed by atoms with E-state index in [-0.39, 0.29) is 17.4 Å². The molecular formula is C24H23FNO5-. The number of aromatic nitrogens is 1. The van der Waals surface area contributed by atoms with Crippen molar-refractivity contribution in [2.24, 2.45) is 0 Å². The fourth-order valence-corrected chi connectivity index (χ4v) is 3.64. The minimum absolute atomic E-state index is 0.223. The number of carbonyl (C=O) groups excluding carboxylic acids is 1. The minimum atomic E-state index is -1.38. The van der Waals surface area contributed by atoms with Crippen LogP contribution < -0.4 is 15.4 Å². The van der Waals surface area contributed by atoms with E-state index < -0.39 is 24.3 Å². The second-order valence-electron chi connectivity index (χ2n) is 7.42. The van der Waals surface area contributed by atoms with E-state index in [2.05, 4.69) is 0 Å². The number of fused-ring (bicyclic) bond motifs is 1. The molecule has 0 saturated heterocycles. The lowest BCUT2D eigenvalue weighted by Gasteiger charge is -2.23. The van der Waals surface area contributed by atoms with E-state index in [1.54, 1.807) is 34.9 Å². The molecular weight excluding hydrogens is 401 g/mol. The first-order valence-electron chi connectivity index (χ1n) is 9.81. The largest absolute Gasteiger partial charge is 0.550 e. The fraction of sp³-hybridized carbons (Fsp3) is 0.250. The van der Waals surface area contributed by atoms with Crippen molar-refractivity contribution >= 4 is 22.8 Å². The number of carboxylic acid groups (broad SMARTS) is 1. The molecule has 1 aromatic heterocycles. The van der Waals surface area contributed by atoms with Crippen LogP contribution in [0.15, 0.2) is 53.3 Å². The molecule has 3 rings (SSSR count). The van der Waals surface area contributed by atoms with Crippen LogP contribution in [0.1, 0.15) is 31.9 Å². The van der Waals surface area contributed by atoms with E-state index >= 15 is 0 Å². The molecule has 162 valence electrons. The average molecular weight is 424 g/mol. The Kier molecular flexibility index (Phi) is 6.56. The number of ether oxygens (including phenoxy) is 1. The van der Waals surface area contributed by atoms with Crippen molar-refractivity contribution in [3.8, 4) is 17.0 Å². The number of hydrogen-bond donors (Lipinski definition) is 1. The Hall–Kier alpha value is -3.45. The van der Waals surface area contributed by atoms with Crippen LogP contribution in [0.4, 0.5) is 4.39 Å². The Labute approximate surface area is 178 Å². The zero-order chi connectivity index (χ0) is 22.7. The maximum Gasteiger partial charge on any atom is 0.259 e. The third-order valence-corrected chi connectivity index (χ3v) is 4.96. The van der Waals surface area contributed by atoms with Crippen LogP contribution in [-0.4, -0.2) is 28.9 Å². The summed E-state index contributed by atoms with van der Waals surface area (Å²) in [6, 6.07) is 10.8. The number of pyridine rings is 1. The summed E-state index contributed by atoms with van der Waals surface area (Å²) in [6.45, 7) is 3.71.